The SMILES string of the molecule is COc1cc(C=CC(=O)OC[C@H]2O[C@@H](Oc3cc4oc(-c5ccc(O)c(O)c5)cc(=O)c4c(O)c3O)[C@H](O)[C@@H](O)[C@@H]2O)ccc1O. The number of carbonyl (C=O) groups excluding carboxylic acids is 1. The summed E-state index contributed by atoms with van der Waals surface area (Å²) in [6.45, 7) is -0.612. The number of esters is 1. The van der Waals surface area contributed by atoms with Crippen molar-refractivity contribution in [1.82, 2.24) is 0 Å². The summed E-state index contributed by atoms with van der Waals surface area (Å²) in [6, 6.07) is 9.98. The molecule has 1 aliphatic rings. The summed E-state index contributed by atoms with van der Waals surface area (Å²) in [5, 5.41) is 81.2. The van der Waals surface area contributed by atoms with Crippen LogP contribution in [0.1, 0.15) is 5.56 Å². The second-order valence-electron chi connectivity index (χ2n) is 10.2. The van der Waals surface area contributed by atoms with E-state index in [1.807, 2.05) is 0 Å². The number of ether oxygens (including phenoxy) is 4. The van der Waals surface area contributed by atoms with Gasteiger partial charge < -0.3 is 64.2 Å². The predicted octanol–water partition coefficient (Wildman–Crippen LogP) is 1.44. The van der Waals surface area contributed by atoms with Gasteiger partial charge in [-0.2, -0.15) is 0 Å². The van der Waals surface area contributed by atoms with Gasteiger partial charge in [-0.15, -0.1) is 0 Å². The van der Waals surface area contributed by atoms with Crippen LogP contribution in [0.15, 0.2) is 63.8 Å². The molecule has 15 heteroatoms. The van der Waals surface area contributed by atoms with Gasteiger partial charge in [-0.3, -0.25) is 4.79 Å². The normalized spacial score (nSPS) is 21.3. The zero-order valence-electron chi connectivity index (χ0n) is 23.8. The van der Waals surface area contributed by atoms with Crippen LogP contribution >= 0.6 is 0 Å². The van der Waals surface area contributed by atoms with Crippen LogP contribution in [0.2, 0.25) is 0 Å². The maximum atomic E-state index is 12.8. The first-order valence-corrected chi connectivity index (χ1v) is 13.5. The van der Waals surface area contributed by atoms with Gasteiger partial charge >= 0.3 is 5.97 Å². The molecule has 242 valence electrons. The van der Waals surface area contributed by atoms with E-state index in [1.165, 1.54) is 37.5 Å². The first-order valence-electron chi connectivity index (χ1n) is 13.5. The molecule has 8 N–H and O–H groups in total. The van der Waals surface area contributed by atoms with Gasteiger partial charge in [0.05, 0.1) is 7.11 Å². The number of methoxy groups -OCH3 is 1. The molecular weight excluding hydrogens is 612 g/mol. The predicted molar refractivity (Wildman–Crippen MR) is 157 cm³/mol. The molecule has 0 saturated carbocycles. The molecule has 15 nitrogen and oxygen atoms in total. The van der Waals surface area contributed by atoms with Crippen molar-refractivity contribution < 1.29 is 69.0 Å². The van der Waals surface area contributed by atoms with E-state index in [2.05, 4.69) is 0 Å². The summed E-state index contributed by atoms with van der Waals surface area (Å²) >= 11 is 0. The minimum atomic E-state index is -1.90. The lowest BCUT2D eigenvalue weighted by molar-refractivity contribution is -0.278. The van der Waals surface area contributed by atoms with E-state index in [-0.39, 0.29) is 28.4 Å². The molecule has 0 radical (unpaired) electrons. The van der Waals surface area contributed by atoms with Crippen molar-refractivity contribution >= 4 is 23.0 Å². The Labute approximate surface area is 258 Å². The van der Waals surface area contributed by atoms with E-state index >= 15 is 0 Å². The topological polar surface area (TPSA) is 246 Å². The van der Waals surface area contributed by atoms with Crippen LogP contribution in [-0.2, 0) is 14.3 Å². The van der Waals surface area contributed by atoms with Crippen molar-refractivity contribution in [2.24, 2.45) is 0 Å². The van der Waals surface area contributed by atoms with E-state index in [0.29, 0.717) is 5.56 Å². The quantitative estimate of drug-likeness (QED) is 0.0771. The maximum Gasteiger partial charge on any atom is 0.330 e. The molecule has 4 aromatic rings. The average Bonchev–Trinajstić information content (AvgIpc) is 3.03. The molecule has 46 heavy (non-hydrogen) atoms. The smallest absolute Gasteiger partial charge is 0.330 e. The van der Waals surface area contributed by atoms with Gasteiger partial charge in [0.15, 0.2) is 39.9 Å². The third-order valence-electron chi connectivity index (χ3n) is 7.11. The number of hydrogen-bond donors (Lipinski definition) is 8. The highest BCUT2D eigenvalue weighted by atomic mass is 16.7. The minimum Gasteiger partial charge on any atom is -0.504 e. The molecule has 1 fully saturated rings. The van der Waals surface area contributed by atoms with Crippen LogP contribution in [0.25, 0.3) is 28.4 Å². The lowest BCUT2D eigenvalue weighted by Gasteiger charge is -2.39. The Morgan fingerprint density at radius 3 is 2.30 bits per heavy atom. The van der Waals surface area contributed by atoms with E-state index in [9.17, 15) is 50.4 Å². The van der Waals surface area contributed by atoms with Gasteiger partial charge in [0.25, 0.3) is 0 Å². The zero-order chi connectivity index (χ0) is 33.3. The molecule has 0 bridgehead atoms. The number of aliphatic hydroxyl groups is 3. The van der Waals surface area contributed by atoms with Crippen molar-refractivity contribution in [1.29, 1.82) is 0 Å². The van der Waals surface area contributed by atoms with E-state index in [1.54, 1.807) is 0 Å². The van der Waals surface area contributed by atoms with Crippen LogP contribution in [0.5, 0.6) is 40.2 Å². The Bertz CT molecular complexity index is 1860. The molecule has 1 aromatic heterocycles. The summed E-state index contributed by atoms with van der Waals surface area (Å²) in [7, 11) is 1.36. The summed E-state index contributed by atoms with van der Waals surface area (Å²) in [6.07, 6.45) is -6.32. The summed E-state index contributed by atoms with van der Waals surface area (Å²) < 4.78 is 26.9. The van der Waals surface area contributed by atoms with Gasteiger partial charge in [0.2, 0.25) is 12.0 Å². The standard InChI is InChI=1S/C31H28O15/c1-42-20-8-13(2-5-16(20)33)3-7-24(36)43-12-23-27(38)29(40)30(41)31(46-23)45-22-11-21-25(28(39)26(22)37)18(35)10-19(44-21)14-4-6-15(32)17(34)9-14/h2-11,23,27,29-34,37-41H,12H2,1H3/t23-,27-,29+,30-,31-/m1/s1. The Morgan fingerprint density at radius 2 is 1.59 bits per heavy atom. The van der Waals surface area contributed by atoms with Crippen LogP contribution in [-0.4, -0.2) is 91.2 Å². The number of rotatable bonds is 8. The number of fused-ring (bicyclic) bond motifs is 1. The number of phenols is 5. The van der Waals surface area contributed by atoms with E-state index in [0.717, 1.165) is 30.3 Å². The second-order valence-corrected chi connectivity index (χ2v) is 10.2. The first kappa shape index (κ1) is 31.9. The van der Waals surface area contributed by atoms with Crippen LogP contribution < -0.4 is 14.9 Å². The Hall–Kier alpha value is -5.48. The largest absolute Gasteiger partial charge is 0.504 e. The van der Waals surface area contributed by atoms with Crippen molar-refractivity contribution in [3.63, 3.8) is 0 Å². The molecule has 5 rings (SSSR count). The molecule has 0 unspecified atom stereocenters. The fourth-order valence-corrected chi connectivity index (χ4v) is 4.63. The molecule has 3 aromatic carbocycles. The van der Waals surface area contributed by atoms with Crippen molar-refractivity contribution in [3.05, 3.63) is 70.4 Å². The van der Waals surface area contributed by atoms with Gasteiger partial charge in [-0.25, -0.2) is 4.79 Å². The van der Waals surface area contributed by atoms with E-state index < -0.39 is 82.8 Å². The summed E-state index contributed by atoms with van der Waals surface area (Å²) in [5.74, 6) is -4.21. The number of carbonyl (C=O) groups is 1. The van der Waals surface area contributed by atoms with Crippen molar-refractivity contribution in [3.8, 4) is 51.6 Å². The Kier molecular flexibility index (Phi) is 8.93. The van der Waals surface area contributed by atoms with Gasteiger partial charge in [0.1, 0.15) is 47.8 Å². The Morgan fingerprint density at radius 1 is 0.848 bits per heavy atom. The lowest BCUT2D eigenvalue weighted by Crippen LogP contribution is -2.60. The van der Waals surface area contributed by atoms with Gasteiger partial charge in [0, 0.05) is 23.8 Å². The summed E-state index contributed by atoms with van der Waals surface area (Å²) in [4.78, 5) is 25.1. The monoisotopic (exact) mass is 640 g/mol. The van der Waals surface area contributed by atoms with Gasteiger partial charge in [-0.1, -0.05) is 6.07 Å². The molecule has 5 atom stereocenters. The highest BCUT2D eigenvalue weighted by Crippen LogP contribution is 2.43. The highest BCUT2D eigenvalue weighted by molar-refractivity contribution is 5.89. The van der Waals surface area contributed by atoms with Crippen molar-refractivity contribution in [2.45, 2.75) is 30.7 Å². The van der Waals surface area contributed by atoms with E-state index in [4.69, 9.17) is 23.4 Å². The molecule has 0 aliphatic carbocycles. The minimum absolute atomic E-state index is 0.0863. The fraction of sp³-hybridized carbons (Fsp3) is 0.226. The number of aliphatic hydroxyl groups excluding tert-OH is 3. The molecular formula is C31H28O15. The molecule has 0 spiro atoms. The van der Waals surface area contributed by atoms with Crippen LogP contribution in [0, 0.1) is 0 Å². The Balaban J connectivity index is 1.34. The third-order valence-corrected chi connectivity index (χ3v) is 7.11. The molecule has 2 heterocycles. The maximum absolute atomic E-state index is 12.8. The fourth-order valence-electron chi connectivity index (χ4n) is 4.63. The molecule has 1 saturated heterocycles. The highest BCUT2D eigenvalue weighted by Gasteiger charge is 2.46. The van der Waals surface area contributed by atoms with Gasteiger partial charge in [-0.05, 0) is 42.0 Å². The van der Waals surface area contributed by atoms with Crippen LogP contribution in [0.4, 0.5) is 0 Å². The third kappa shape index (κ3) is 6.33. The first-order chi connectivity index (χ1) is 21.9. The van der Waals surface area contributed by atoms with Crippen LogP contribution in [0.3, 0.4) is 0 Å². The summed E-state index contributed by atoms with van der Waals surface area (Å²) in [5.41, 5.74) is -0.399. The number of hydrogen-bond acceptors (Lipinski definition) is 15. The molecule has 0 amide bonds. The van der Waals surface area contributed by atoms with Crippen molar-refractivity contribution in [2.75, 3.05) is 13.7 Å². The second kappa shape index (κ2) is 12.9. The number of aromatic hydroxyl groups is 5. The zero-order valence-corrected chi connectivity index (χ0v) is 23.8. The average molecular weight is 641 g/mol. The number of phenolic OH excluding ortho intramolecular Hbond substituents is 5. The molecule has 1 aliphatic heterocycles. The number of benzene rings is 3. The lowest BCUT2D eigenvalue weighted by atomic mass is 9.99.